The second-order valence-corrected chi connectivity index (χ2v) is 5.74. The van der Waals surface area contributed by atoms with Crippen molar-refractivity contribution >= 4 is 5.91 Å². The van der Waals surface area contributed by atoms with Crippen LogP contribution in [0.1, 0.15) is 43.7 Å². The molecule has 2 unspecified atom stereocenters. The van der Waals surface area contributed by atoms with Crippen molar-refractivity contribution in [2.24, 2.45) is 0 Å². The van der Waals surface area contributed by atoms with Gasteiger partial charge < -0.3 is 10.1 Å². The van der Waals surface area contributed by atoms with Crippen LogP contribution >= 0.6 is 0 Å². The summed E-state index contributed by atoms with van der Waals surface area (Å²) in [6, 6.07) is 6.64. The molecular weight excluding hydrogens is 238 g/mol. The Kier molecular flexibility index (Phi) is 3.00. The molecule has 0 bridgehead atoms. The number of hydrogen-bond donors (Lipinski definition) is 1. The van der Waals surface area contributed by atoms with E-state index in [0.29, 0.717) is 6.42 Å². The van der Waals surface area contributed by atoms with E-state index in [1.54, 1.807) is 7.11 Å². The number of nitrogens with one attached hydrogen (secondary N) is 1. The Hall–Kier alpha value is -1.51. The minimum absolute atomic E-state index is 0.0195. The summed E-state index contributed by atoms with van der Waals surface area (Å²) in [5.41, 5.74) is 2.75. The fraction of sp³-hybridized carbons (Fsp3) is 0.562. The van der Waals surface area contributed by atoms with Gasteiger partial charge in [-0.2, -0.15) is 0 Å². The van der Waals surface area contributed by atoms with Crippen LogP contribution in [0.4, 0.5) is 0 Å². The third-order valence-electron chi connectivity index (χ3n) is 4.80. The van der Waals surface area contributed by atoms with Gasteiger partial charge in [-0.05, 0) is 48.9 Å². The van der Waals surface area contributed by atoms with Crippen molar-refractivity contribution in [2.45, 2.75) is 50.5 Å². The summed E-state index contributed by atoms with van der Waals surface area (Å²) >= 11 is 0. The Labute approximate surface area is 114 Å². The highest BCUT2D eigenvalue weighted by molar-refractivity contribution is 5.82. The van der Waals surface area contributed by atoms with Crippen LogP contribution in [0.25, 0.3) is 0 Å². The predicted octanol–water partition coefficient (Wildman–Crippen LogP) is 2.57. The van der Waals surface area contributed by atoms with E-state index >= 15 is 0 Å². The number of ether oxygens (including phenoxy) is 1. The molecule has 3 heteroatoms. The lowest BCUT2D eigenvalue weighted by atomic mass is 9.65. The standard InChI is InChI=1S/C16H21NO2/c1-3-14-16(10-15(18)17-14)8-4-5-11-9-12(19-2)6-7-13(11)16/h6-7,9,14H,3-5,8,10H2,1-2H3,(H,17,18). The zero-order chi connectivity index (χ0) is 13.5. The van der Waals surface area contributed by atoms with Crippen LogP contribution < -0.4 is 10.1 Å². The van der Waals surface area contributed by atoms with Gasteiger partial charge in [-0.1, -0.05) is 13.0 Å². The smallest absolute Gasteiger partial charge is 0.221 e. The van der Waals surface area contributed by atoms with E-state index < -0.39 is 0 Å². The Morgan fingerprint density at radius 3 is 3.05 bits per heavy atom. The monoisotopic (exact) mass is 259 g/mol. The Morgan fingerprint density at radius 1 is 1.47 bits per heavy atom. The van der Waals surface area contributed by atoms with E-state index in [-0.39, 0.29) is 17.4 Å². The minimum atomic E-state index is 0.0195. The summed E-state index contributed by atoms with van der Waals surface area (Å²) < 4.78 is 5.32. The van der Waals surface area contributed by atoms with Gasteiger partial charge in [0.25, 0.3) is 0 Å². The summed E-state index contributed by atoms with van der Waals surface area (Å²) in [6.45, 7) is 2.16. The zero-order valence-electron chi connectivity index (χ0n) is 11.7. The van der Waals surface area contributed by atoms with Crippen molar-refractivity contribution < 1.29 is 9.53 Å². The van der Waals surface area contributed by atoms with E-state index in [0.717, 1.165) is 31.4 Å². The topological polar surface area (TPSA) is 38.3 Å². The number of fused-ring (bicyclic) bond motifs is 2. The molecule has 102 valence electrons. The van der Waals surface area contributed by atoms with Crippen molar-refractivity contribution in [3.05, 3.63) is 29.3 Å². The van der Waals surface area contributed by atoms with Crippen LogP contribution in [0.5, 0.6) is 5.75 Å². The van der Waals surface area contributed by atoms with Gasteiger partial charge in [0.15, 0.2) is 0 Å². The number of benzene rings is 1. The Balaban J connectivity index is 2.09. The zero-order valence-corrected chi connectivity index (χ0v) is 11.7. The number of aryl methyl sites for hydroxylation is 1. The number of hydrogen-bond acceptors (Lipinski definition) is 2. The molecule has 0 radical (unpaired) electrons. The molecule has 1 N–H and O–H groups in total. The first-order chi connectivity index (χ1) is 9.19. The van der Waals surface area contributed by atoms with Crippen LogP contribution in [0.15, 0.2) is 18.2 Å². The molecule has 1 aromatic rings. The lowest BCUT2D eigenvalue weighted by Crippen LogP contribution is -2.42. The van der Waals surface area contributed by atoms with Crippen LogP contribution in [0, 0.1) is 0 Å². The van der Waals surface area contributed by atoms with Crippen LogP contribution in [0.3, 0.4) is 0 Å². The number of rotatable bonds is 2. The highest BCUT2D eigenvalue weighted by Gasteiger charge is 2.49. The van der Waals surface area contributed by atoms with E-state index in [9.17, 15) is 4.79 Å². The molecule has 1 amide bonds. The third-order valence-corrected chi connectivity index (χ3v) is 4.80. The molecule has 3 nitrogen and oxygen atoms in total. The Bertz CT molecular complexity index is 511. The summed E-state index contributed by atoms with van der Waals surface area (Å²) in [6.07, 6.45) is 5.01. The van der Waals surface area contributed by atoms with Crippen molar-refractivity contribution in [3.63, 3.8) is 0 Å². The van der Waals surface area contributed by atoms with Crippen LogP contribution in [-0.4, -0.2) is 19.1 Å². The summed E-state index contributed by atoms with van der Waals surface area (Å²) in [5, 5.41) is 3.16. The van der Waals surface area contributed by atoms with Crippen molar-refractivity contribution in [1.29, 1.82) is 0 Å². The van der Waals surface area contributed by atoms with Gasteiger partial charge in [-0.3, -0.25) is 4.79 Å². The lowest BCUT2D eigenvalue weighted by Gasteiger charge is -2.39. The fourth-order valence-corrected chi connectivity index (χ4v) is 3.95. The molecule has 0 aromatic heterocycles. The molecule has 1 aliphatic heterocycles. The average Bonchev–Trinajstić information content (AvgIpc) is 2.75. The maximum absolute atomic E-state index is 11.9. The highest BCUT2D eigenvalue weighted by atomic mass is 16.5. The van der Waals surface area contributed by atoms with Gasteiger partial charge in [-0.15, -0.1) is 0 Å². The summed E-state index contributed by atoms with van der Waals surface area (Å²) in [5.74, 6) is 1.12. The second-order valence-electron chi connectivity index (χ2n) is 5.74. The predicted molar refractivity (Wildman–Crippen MR) is 74.4 cm³/mol. The highest BCUT2D eigenvalue weighted by Crippen LogP contribution is 2.46. The molecule has 1 aromatic carbocycles. The van der Waals surface area contributed by atoms with Crippen molar-refractivity contribution in [3.8, 4) is 5.75 Å². The Morgan fingerprint density at radius 2 is 2.32 bits per heavy atom. The van der Waals surface area contributed by atoms with Gasteiger partial charge in [0.05, 0.1) is 7.11 Å². The normalized spacial score (nSPS) is 29.2. The first kappa shape index (κ1) is 12.5. The van der Waals surface area contributed by atoms with Gasteiger partial charge >= 0.3 is 0 Å². The van der Waals surface area contributed by atoms with Gasteiger partial charge in [-0.25, -0.2) is 0 Å². The lowest BCUT2D eigenvalue weighted by molar-refractivity contribution is -0.119. The molecular formula is C16H21NO2. The largest absolute Gasteiger partial charge is 0.497 e. The van der Waals surface area contributed by atoms with E-state index in [2.05, 4.69) is 24.4 Å². The maximum Gasteiger partial charge on any atom is 0.221 e. The molecule has 1 fully saturated rings. The number of carbonyl (C=O) groups is 1. The SMILES string of the molecule is CCC1NC(=O)CC12CCCc1cc(OC)ccc12. The van der Waals surface area contributed by atoms with Gasteiger partial charge in [0.1, 0.15) is 5.75 Å². The van der Waals surface area contributed by atoms with E-state index in [4.69, 9.17) is 4.74 Å². The first-order valence-electron chi connectivity index (χ1n) is 7.16. The fourth-order valence-electron chi connectivity index (χ4n) is 3.95. The van der Waals surface area contributed by atoms with E-state index in [1.165, 1.54) is 11.1 Å². The van der Waals surface area contributed by atoms with Crippen molar-refractivity contribution in [2.75, 3.05) is 7.11 Å². The van der Waals surface area contributed by atoms with E-state index in [1.807, 2.05) is 6.07 Å². The molecule has 1 spiro atoms. The number of carbonyl (C=O) groups excluding carboxylic acids is 1. The van der Waals surface area contributed by atoms with Crippen LogP contribution in [0.2, 0.25) is 0 Å². The van der Waals surface area contributed by atoms with Gasteiger partial charge in [0.2, 0.25) is 5.91 Å². The minimum Gasteiger partial charge on any atom is -0.497 e. The first-order valence-corrected chi connectivity index (χ1v) is 7.16. The molecule has 2 aliphatic rings. The van der Waals surface area contributed by atoms with Crippen molar-refractivity contribution in [1.82, 2.24) is 5.32 Å². The summed E-state index contributed by atoms with van der Waals surface area (Å²) in [4.78, 5) is 11.9. The average molecular weight is 259 g/mol. The quantitative estimate of drug-likeness (QED) is 0.886. The third kappa shape index (κ3) is 1.83. The molecule has 2 atom stereocenters. The molecule has 3 rings (SSSR count). The molecule has 19 heavy (non-hydrogen) atoms. The number of methoxy groups -OCH3 is 1. The molecule has 0 saturated carbocycles. The maximum atomic E-state index is 11.9. The summed E-state index contributed by atoms with van der Waals surface area (Å²) in [7, 11) is 1.70. The van der Waals surface area contributed by atoms with Gasteiger partial charge in [0, 0.05) is 17.9 Å². The second kappa shape index (κ2) is 4.55. The molecule has 1 saturated heterocycles. The molecule has 1 heterocycles. The number of amides is 1. The molecule has 1 aliphatic carbocycles. The van der Waals surface area contributed by atoms with Crippen LogP contribution in [-0.2, 0) is 16.6 Å².